The Hall–Kier alpha value is -2.49. The van der Waals surface area contributed by atoms with Crippen LogP contribution in [0.4, 0.5) is 0 Å². The number of aryl methyl sites for hydroxylation is 2. The zero-order valence-electron chi connectivity index (χ0n) is 15.8. The average Bonchev–Trinajstić information content (AvgIpc) is 2.67. The lowest BCUT2D eigenvalue weighted by molar-refractivity contribution is 0.354. The Bertz CT molecular complexity index is 739. The number of hydrazone groups is 1. The quantitative estimate of drug-likeness (QED) is 0.574. The van der Waals surface area contributed by atoms with Crippen LogP contribution in [0.2, 0.25) is 0 Å². The molecule has 0 amide bonds. The van der Waals surface area contributed by atoms with E-state index in [0.29, 0.717) is 6.54 Å². The summed E-state index contributed by atoms with van der Waals surface area (Å²) in [5.41, 5.74) is 9.15. The highest BCUT2D eigenvalue weighted by Gasteiger charge is 2.07. The monoisotopic (exact) mass is 340 g/mol. The standard InChI is InChI=1S/C21H28N2O2/c1-6-16-8-10-18(7-2)19(12-16)15(3)23-22-14-17-9-11-20(24-4)21(13-17)25-5/h8-13,22H,6-7,14H2,1-5H3/b23-15-. The smallest absolute Gasteiger partial charge is 0.161 e. The molecule has 0 saturated heterocycles. The van der Waals surface area contributed by atoms with Gasteiger partial charge in [-0.2, -0.15) is 5.10 Å². The number of hydrogen-bond donors (Lipinski definition) is 1. The van der Waals surface area contributed by atoms with E-state index in [0.717, 1.165) is 35.6 Å². The van der Waals surface area contributed by atoms with E-state index in [4.69, 9.17) is 9.47 Å². The molecular weight excluding hydrogens is 312 g/mol. The molecule has 0 saturated carbocycles. The molecule has 0 spiro atoms. The van der Waals surface area contributed by atoms with E-state index in [1.54, 1.807) is 14.2 Å². The van der Waals surface area contributed by atoms with Gasteiger partial charge in [0.1, 0.15) is 0 Å². The second-order valence-electron chi connectivity index (χ2n) is 5.92. The number of methoxy groups -OCH3 is 2. The number of ether oxygens (including phenoxy) is 2. The van der Waals surface area contributed by atoms with Crippen molar-refractivity contribution in [1.82, 2.24) is 5.43 Å². The Morgan fingerprint density at radius 3 is 2.28 bits per heavy atom. The Balaban J connectivity index is 2.12. The van der Waals surface area contributed by atoms with E-state index >= 15 is 0 Å². The van der Waals surface area contributed by atoms with E-state index < -0.39 is 0 Å². The zero-order chi connectivity index (χ0) is 18.2. The van der Waals surface area contributed by atoms with Gasteiger partial charge in [-0.3, -0.25) is 0 Å². The number of hydrogen-bond acceptors (Lipinski definition) is 4. The van der Waals surface area contributed by atoms with Crippen molar-refractivity contribution >= 4 is 5.71 Å². The van der Waals surface area contributed by atoms with E-state index in [1.165, 1.54) is 16.7 Å². The third kappa shape index (κ3) is 4.75. The molecule has 0 aliphatic heterocycles. The van der Waals surface area contributed by atoms with Gasteiger partial charge in [0, 0.05) is 5.56 Å². The Labute approximate surface area is 150 Å². The van der Waals surface area contributed by atoms with Crippen LogP contribution >= 0.6 is 0 Å². The molecule has 4 heteroatoms. The van der Waals surface area contributed by atoms with Gasteiger partial charge < -0.3 is 14.9 Å². The molecule has 2 rings (SSSR count). The summed E-state index contributed by atoms with van der Waals surface area (Å²) in [5.74, 6) is 1.46. The normalized spacial score (nSPS) is 11.3. The Morgan fingerprint density at radius 1 is 0.920 bits per heavy atom. The molecule has 1 N–H and O–H groups in total. The summed E-state index contributed by atoms with van der Waals surface area (Å²) in [5, 5.41) is 4.57. The van der Waals surface area contributed by atoms with Crippen molar-refractivity contribution in [2.24, 2.45) is 5.10 Å². The van der Waals surface area contributed by atoms with Crippen LogP contribution in [-0.2, 0) is 19.4 Å². The molecule has 0 aliphatic carbocycles. The summed E-state index contributed by atoms with van der Waals surface area (Å²) in [6, 6.07) is 12.5. The van der Waals surface area contributed by atoms with Crippen LogP contribution in [0.15, 0.2) is 41.5 Å². The first-order chi connectivity index (χ1) is 12.1. The molecule has 0 heterocycles. The fourth-order valence-corrected chi connectivity index (χ4v) is 2.79. The van der Waals surface area contributed by atoms with Gasteiger partial charge in [0.2, 0.25) is 0 Å². The van der Waals surface area contributed by atoms with Gasteiger partial charge in [0.15, 0.2) is 11.5 Å². The van der Waals surface area contributed by atoms with Crippen LogP contribution in [0.5, 0.6) is 11.5 Å². The minimum Gasteiger partial charge on any atom is -0.493 e. The van der Waals surface area contributed by atoms with E-state index in [9.17, 15) is 0 Å². The number of benzene rings is 2. The van der Waals surface area contributed by atoms with E-state index in [2.05, 4.69) is 49.5 Å². The van der Waals surface area contributed by atoms with Gasteiger partial charge in [-0.25, -0.2) is 0 Å². The predicted molar refractivity (Wildman–Crippen MR) is 104 cm³/mol. The van der Waals surface area contributed by atoms with Gasteiger partial charge >= 0.3 is 0 Å². The van der Waals surface area contributed by atoms with Crippen molar-refractivity contribution in [3.8, 4) is 11.5 Å². The first-order valence-electron chi connectivity index (χ1n) is 8.73. The molecule has 2 aromatic rings. The summed E-state index contributed by atoms with van der Waals surface area (Å²) < 4.78 is 10.6. The molecule has 0 fully saturated rings. The maximum absolute atomic E-state index is 5.34. The van der Waals surface area contributed by atoms with Gasteiger partial charge in [0.05, 0.1) is 26.5 Å². The van der Waals surface area contributed by atoms with Crippen molar-refractivity contribution in [3.05, 3.63) is 58.7 Å². The van der Waals surface area contributed by atoms with Crippen molar-refractivity contribution in [2.75, 3.05) is 14.2 Å². The second kappa shape index (κ2) is 9.11. The minimum absolute atomic E-state index is 0.632. The van der Waals surface area contributed by atoms with Gasteiger partial charge in [-0.15, -0.1) is 0 Å². The van der Waals surface area contributed by atoms with Crippen molar-refractivity contribution in [1.29, 1.82) is 0 Å². The Kier molecular flexibility index (Phi) is 6.87. The predicted octanol–water partition coefficient (Wildman–Crippen LogP) is 4.34. The molecular formula is C21H28N2O2. The molecule has 0 unspecified atom stereocenters. The van der Waals surface area contributed by atoms with Gasteiger partial charge in [-0.05, 0) is 54.7 Å². The molecule has 0 bridgehead atoms. The summed E-state index contributed by atoms with van der Waals surface area (Å²) in [7, 11) is 3.28. The molecule has 25 heavy (non-hydrogen) atoms. The molecule has 2 aromatic carbocycles. The lowest BCUT2D eigenvalue weighted by Gasteiger charge is -2.11. The molecule has 0 atom stereocenters. The topological polar surface area (TPSA) is 42.9 Å². The van der Waals surface area contributed by atoms with Crippen LogP contribution < -0.4 is 14.9 Å². The maximum atomic E-state index is 5.34. The average molecular weight is 340 g/mol. The van der Waals surface area contributed by atoms with Crippen LogP contribution in [0.3, 0.4) is 0 Å². The fourth-order valence-electron chi connectivity index (χ4n) is 2.79. The molecule has 0 aliphatic rings. The largest absolute Gasteiger partial charge is 0.493 e. The molecule has 0 aromatic heterocycles. The van der Waals surface area contributed by atoms with Gasteiger partial charge in [0.25, 0.3) is 0 Å². The van der Waals surface area contributed by atoms with Crippen LogP contribution in [0.25, 0.3) is 0 Å². The van der Waals surface area contributed by atoms with Crippen LogP contribution in [0.1, 0.15) is 43.0 Å². The van der Waals surface area contributed by atoms with Crippen molar-refractivity contribution in [3.63, 3.8) is 0 Å². The lowest BCUT2D eigenvalue weighted by atomic mass is 9.98. The van der Waals surface area contributed by atoms with Crippen LogP contribution in [0, 0.1) is 0 Å². The first kappa shape index (κ1) is 18.8. The number of nitrogens with zero attached hydrogens (tertiary/aromatic N) is 1. The first-order valence-corrected chi connectivity index (χ1v) is 8.73. The third-order valence-corrected chi connectivity index (χ3v) is 4.33. The van der Waals surface area contributed by atoms with E-state index in [-0.39, 0.29) is 0 Å². The number of nitrogens with one attached hydrogen (secondary N) is 1. The van der Waals surface area contributed by atoms with Gasteiger partial charge in [-0.1, -0.05) is 32.0 Å². The highest BCUT2D eigenvalue weighted by molar-refractivity contribution is 6.00. The fraction of sp³-hybridized carbons (Fsp3) is 0.381. The summed E-state index contributed by atoms with van der Waals surface area (Å²) in [4.78, 5) is 0. The second-order valence-corrected chi connectivity index (χ2v) is 5.92. The lowest BCUT2D eigenvalue weighted by Crippen LogP contribution is -2.11. The molecule has 0 radical (unpaired) electrons. The molecule has 4 nitrogen and oxygen atoms in total. The molecule has 134 valence electrons. The highest BCUT2D eigenvalue weighted by atomic mass is 16.5. The maximum Gasteiger partial charge on any atom is 0.161 e. The summed E-state index contributed by atoms with van der Waals surface area (Å²) >= 11 is 0. The zero-order valence-corrected chi connectivity index (χ0v) is 15.8. The number of rotatable bonds is 8. The highest BCUT2D eigenvalue weighted by Crippen LogP contribution is 2.27. The summed E-state index contributed by atoms with van der Waals surface area (Å²) in [6.45, 7) is 7.03. The van der Waals surface area contributed by atoms with Crippen molar-refractivity contribution in [2.45, 2.75) is 40.2 Å². The van der Waals surface area contributed by atoms with Crippen LogP contribution in [-0.4, -0.2) is 19.9 Å². The summed E-state index contributed by atoms with van der Waals surface area (Å²) in [6.07, 6.45) is 2.03. The SMILES string of the molecule is CCc1ccc(CC)c(/C(C)=N\NCc2ccc(OC)c(OC)c2)c1. The van der Waals surface area contributed by atoms with E-state index in [1.807, 2.05) is 18.2 Å². The minimum atomic E-state index is 0.632. The Morgan fingerprint density at radius 2 is 1.64 bits per heavy atom. The van der Waals surface area contributed by atoms with Crippen molar-refractivity contribution < 1.29 is 9.47 Å². The third-order valence-electron chi connectivity index (χ3n) is 4.33.